The molecule has 0 radical (unpaired) electrons. The van der Waals surface area contributed by atoms with Crippen molar-refractivity contribution in [3.8, 4) is 0 Å². The minimum absolute atomic E-state index is 0.778. The Kier molecular flexibility index (Phi) is 3.23. The number of hydrogen-bond acceptors (Lipinski definition) is 2. The molecular weight excluding hydrogens is 166 g/mol. The van der Waals surface area contributed by atoms with Crippen molar-refractivity contribution in [2.24, 2.45) is 11.8 Å². The van der Waals surface area contributed by atoms with Gasteiger partial charge in [-0.3, -0.25) is 0 Å². The highest BCUT2D eigenvalue weighted by atomic mass is 32.8. The highest BCUT2D eigenvalue weighted by Gasteiger charge is 2.40. The molecule has 1 heterocycles. The van der Waals surface area contributed by atoms with E-state index in [1.54, 1.807) is 6.26 Å². The van der Waals surface area contributed by atoms with Gasteiger partial charge in [0.25, 0.3) is 0 Å². The van der Waals surface area contributed by atoms with Crippen LogP contribution in [-0.2, 0) is 20.9 Å². The van der Waals surface area contributed by atoms with Crippen molar-refractivity contribution in [1.82, 2.24) is 5.32 Å². The van der Waals surface area contributed by atoms with E-state index in [1.165, 1.54) is 19.5 Å². The summed E-state index contributed by atoms with van der Waals surface area (Å²) in [5, 5.41) is 3.32. The number of hydrogen-bond donors (Lipinski definition) is 2. The maximum Gasteiger partial charge on any atom is 0.0108 e. The monoisotopic (exact) mass is 179 g/mol. The van der Waals surface area contributed by atoms with Crippen LogP contribution in [0.5, 0.6) is 0 Å². The fourth-order valence-corrected chi connectivity index (χ4v) is 1.26. The number of rotatable bonds is 0. The van der Waals surface area contributed by atoms with Crippen molar-refractivity contribution in [2.45, 2.75) is 6.42 Å². The lowest BCUT2D eigenvalue weighted by atomic mass is 10.4. The van der Waals surface area contributed by atoms with Crippen LogP contribution in [0.15, 0.2) is 0 Å². The van der Waals surface area contributed by atoms with Gasteiger partial charge in [0, 0.05) is 6.26 Å². The Labute approximate surface area is 68.8 Å². The summed E-state index contributed by atoms with van der Waals surface area (Å²) in [5.41, 5.74) is 0. The smallest absolute Gasteiger partial charge is 0.0108 e. The van der Waals surface area contributed by atoms with E-state index in [2.05, 4.69) is 16.5 Å². The maximum atomic E-state index is 7.90. The summed E-state index contributed by atoms with van der Waals surface area (Å²) < 4.78 is 7.90. The number of nitrogens with one attached hydrogen (secondary N) is 1. The average molecular weight is 179 g/mol. The Morgan fingerprint density at radius 2 is 1.90 bits per heavy atom. The first-order valence-corrected chi connectivity index (χ1v) is 5.95. The van der Waals surface area contributed by atoms with E-state index >= 15 is 0 Å². The van der Waals surface area contributed by atoms with E-state index < -0.39 is 9.74 Å². The number of piperidine rings is 1. The molecule has 1 aliphatic heterocycles. The third kappa shape index (κ3) is 3.05. The summed E-state index contributed by atoms with van der Waals surface area (Å²) >= 11 is 4.20. The standard InChI is InChI=1S/C5H9N.CH4OS2/c1-4-2-6-3-5(1)4;1-4(2)3/h4-6H,1-3H2;1H3,(H,2,3). The zero-order chi connectivity index (χ0) is 7.56. The summed E-state index contributed by atoms with van der Waals surface area (Å²) in [5.74, 6) is 2.20. The van der Waals surface area contributed by atoms with Gasteiger partial charge >= 0.3 is 0 Å². The molecular formula is C6H13NOS2. The van der Waals surface area contributed by atoms with Crippen LogP contribution in [-0.4, -0.2) is 23.9 Å². The second-order valence-corrected chi connectivity index (χ2v) is 5.13. The van der Waals surface area contributed by atoms with Crippen molar-refractivity contribution in [2.75, 3.05) is 19.3 Å². The Morgan fingerprint density at radius 1 is 1.50 bits per heavy atom. The van der Waals surface area contributed by atoms with Crippen LogP contribution in [0.25, 0.3) is 0 Å². The maximum absolute atomic E-state index is 7.90. The fourth-order valence-electron chi connectivity index (χ4n) is 1.26. The molecule has 1 saturated carbocycles. The molecule has 0 bridgehead atoms. The summed E-state index contributed by atoms with van der Waals surface area (Å²) in [6.07, 6.45) is 3.09. The summed E-state index contributed by atoms with van der Waals surface area (Å²) in [6.45, 7) is 2.62. The predicted molar refractivity (Wildman–Crippen MR) is 47.7 cm³/mol. The minimum atomic E-state index is -0.778. The van der Waals surface area contributed by atoms with Crippen molar-refractivity contribution in [3.05, 3.63) is 0 Å². The molecule has 0 spiro atoms. The zero-order valence-corrected chi connectivity index (χ0v) is 7.67. The van der Waals surface area contributed by atoms with Gasteiger partial charge in [0.2, 0.25) is 0 Å². The van der Waals surface area contributed by atoms with E-state index in [-0.39, 0.29) is 0 Å². The third-order valence-electron chi connectivity index (χ3n) is 1.88. The molecule has 2 fully saturated rings. The second-order valence-electron chi connectivity index (χ2n) is 2.84. The van der Waals surface area contributed by atoms with E-state index in [1.807, 2.05) is 0 Å². The first-order chi connectivity index (χ1) is 4.70. The molecule has 3 atom stereocenters. The van der Waals surface area contributed by atoms with Crippen LogP contribution >= 0.6 is 0 Å². The second kappa shape index (κ2) is 3.76. The van der Waals surface area contributed by atoms with Gasteiger partial charge in [-0.05, 0) is 52.3 Å². The lowest BCUT2D eigenvalue weighted by Gasteiger charge is -1.87. The lowest BCUT2D eigenvalue weighted by Crippen LogP contribution is -2.10. The summed E-state index contributed by atoms with van der Waals surface area (Å²) in [7, 11) is -0.778. The molecule has 0 aromatic rings. The molecule has 2 N–H and O–H groups in total. The molecule has 0 aromatic carbocycles. The Balaban J connectivity index is 0.000000112. The van der Waals surface area contributed by atoms with Gasteiger partial charge in [-0.25, -0.2) is 0 Å². The molecule has 2 rings (SSSR count). The normalized spacial score (nSPS) is 37.4. The largest absolute Gasteiger partial charge is 0.327 e. The highest BCUT2D eigenvalue weighted by Crippen LogP contribution is 2.40. The molecule has 1 aliphatic carbocycles. The fraction of sp³-hybridized carbons (Fsp3) is 1.00. The minimum Gasteiger partial charge on any atom is -0.327 e. The highest BCUT2D eigenvalue weighted by molar-refractivity contribution is 8.25. The molecule has 3 unspecified atom stereocenters. The SMILES string of the molecule is C1NCC2CC12.CS(O)=S. The van der Waals surface area contributed by atoms with E-state index in [4.69, 9.17) is 4.55 Å². The molecule has 0 amide bonds. The first kappa shape index (κ1) is 8.59. The van der Waals surface area contributed by atoms with E-state index in [0.29, 0.717) is 0 Å². The van der Waals surface area contributed by atoms with Gasteiger partial charge in [-0.1, -0.05) is 0 Å². The van der Waals surface area contributed by atoms with Crippen molar-refractivity contribution in [1.29, 1.82) is 0 Å². The molecule has 1 saturated heterocycles. The van der Waals surface area contributed by atoms with Gasteiger partial charge in [-0.15, -0.1) is 0 Å². The average Bonchev–Trinajstić information content (AvgIpc) is 2.40. The predicted octanol–water partition coefficient (Wildman–Crippen LogP) is 0.395. The van der Waals surface area contributed by atoms with Gasteiger partial charge in [0.1, 0.15) is 0 Å². The van der Waals surface area contributed by atoms with Gasteiger partial charge in [0.15, 0.2) is 0 Å². The first-order valence-electron chi connectivity index (χ1n) is 3.43. The van der Waals surface area contributed by atoms with Crippen LogP contribution in [0.3, 0.4) is 0 Å². The summed E-state index contributed by atoms with van der Waals surface area (Å²) in [6, 6.07) is 0. The van der Waals surface area contributed by atoms with Crippen LogP contribution < -0.4 is 5.32 Å². The Morgan fingerprint density at radius 3 is 2.00 bits per heavy atom. The van der Waals surface area contributed by atoms with Crippen LogP contribution in [0.4, 0.5) is 0 Å². The van der Waals surface area contributed by atoms with Crippen molar-refractivity contribution < 1.29 is 4.55 Å². The lowest BCUT2D eigenvalue weighted by molar-refractivity contribution is 0.661. The van der Waals surface area contributed by atoms with Gasteiger partial charge in [-0.2, -0.15) is 0 Å². The zero-order valence-electron chi connectivity index (χ0n) is 6.04. The van der Waals surface area contributed by atoms with E-state index in [9.17, 15) is 0 Å². The van der Waals surface area contributed by atoms with Crippen molar-refractivity contribution in [3.63, 3.8) is 0 Å². The Bertz CT molecular complexity index is 128. The van der Waals surface area contributed by atoms with Gasteiger partial charge < -0.3 is 9.87 Å². The van der Waals surface area contributed by atoms with Gasteiger partial charge in [0.05, 0.1) is 0 Å². The molecule has 2 nitrogen and oxygen atoms in total. The van der Waals surface area contributed by atoms with Crippen LogP contribution in [0.1, 0.15) is 6.42 Å². The van der Waals surface area contributed by atoms with Crippen LogP contribution in [0, 0.1) is 11.8 Å². The topological polar surface area (TPSA) is 32.3 Å². The van der Waals surface area contributed by atoms with Crippen LogP contribution in [0.2, 0.25) is 0 Å². The quantitative estimate of drug-likeness (QED) is 0.564. The number of fused-ring (bicyclic) bond motifs is 1. The van der Waals surface area contributed by atoms with E-state index in [0.717, 1.165) is 11.8 Å². The van der Waals surface area contributed by atoms with Crippen molar-refractivity contribution >= 4 is 20.9 Å². The Hall–Kier alpha value is 0.490. The molecule has 10 heavy (non-hydrogen) atoms. The summed E-state index contributed by atoms with van der Waals surface area (Å²) in [4.78, 5) is 0. The third-order valence-corrected chi connectivity index (χ3v) is 1.88. The molecule has 2 aliphatic rings. The molecule has 4 heteroatoms. The molecule has 0 aromatic heterocycles. The molecule has 60 valence electrons.